The van der Waals surface area contributed by atoms with E-state index in [0.717, 1.165) is 0 Å². The molecule has 3 fully saturated rings. The Labute approximate surface area is 164 Å². The monoisotopic (exact) mass is 480 g/mol. The van der Waals surface area contributed by atoms with Gasteiger partial charge in [0.05, 0.1) is 18.9 Å². The zero-order chi connectivity index (χ0) is 19.2. The second-order valence-corrected chi connectivity index (χ2v) is 9.50. The van der Waals surface area contributed by atoms with Gasteiger partial charge in [0.1, 0.15) is 15.6 Å². The molecule has 7 unspecified atom stereocenters. The number of hydrogen-bond donors (Lipinski definition) is 0. The van der Waals surface area contributed by atoms with Gasteiger partial charge in [0.15, 0.2) is 6.61 Å². The summed E-state index contributed by atoms with van der Waals surface area (Å²) in [6.45, 7) is 3.05. The summed E-state index contributed by atoms with van der Waals surface area (Å²) in [4.78, 5) is 48.2. The highest BCUT2D eigenvalue weighted by Gasteiger charge is 2.70. The molecule has 26 heavy (non-hydrogen) atoms. The van der Waals surface area contributed by atoms with E-state index in [1.165, 1.54) is 7.11 Å². The van der Waals surface area contributed by atoms with E-state index in [2.05, 4.69) is 0 Å². The fraction of sp³-hybridized carbons (Fsp3) is 0.765. The summed E-state index contributed by atoms with van der Waals surface area (Å²) in [7, 11) is 1.27. The quantitative estimate of drug-likeness (QED) is 0.240. The van der Waals surface area contributed by atoms with Crippen molar-refractivity contribution < 1.29 is 38.1 Å². The van der Waals surface area contributed by atoms with Crippen LogP contribution in [-0.2, 0) is 38.1 Å². The maximum Gasteiger partial charge on any atom is 0.344 e. The molecule has 0 spiro atoms. The third-order valence-electron chi connectivity index (χ3n) is 5.70. The Bertz CT molecular complexity index is 645. The van der Waals surface area contributed by atoms with Gasteiger partial charge in [0, 0.05) is 11.8 Å². The molecular formula is C17H21IO8. The maximum absolute atomic E-state index is 12.1. The molecule has 1 saturated heterocycles. The van der Waals surface area contributed by atoms with E-state index in [4.69, 9.17) is 18.9 Å². The average Bonchev–Trinajstić information content (AvgIpc) is 3.22. The number of carbonyl (C=O) groups excluding carboxylic acids is 4. The van der Waals surface area contributed by atoms with E-state index in [0.29, 0.717) is 12.8 Å². The first-order valence-corrected chi connectivity index (χ1v) is 9.63. The van der Waals surface area contributed by atoms with Gasteiger partial charge in [-0.2, -0.15) is 0 Å². The third kappa shape index (κ3) is 3.07. The summed E-state index contributed by atoms with van der Waals surface area (Å²) in [5, 5.41) is 0. The van der Waals surface area contributed by atoms with Gasteiger partial charge in [-0.3, -0.25) is 14.4 Å². The molecule has 0 amide bonds. The van der Waals surface area contributed by atoms with Gasteiger partial charge in [-0.15, -0.1) is 0 Å². The van der Waals surface area contributed by atoms with Crippen molar-refractivity contribution in [3.8, 4) is 0 Å². The van der Waals surface area contributed by atoms with Gasteiger partial charge in [-0.25, -0.2) is 4.79 Å². The summed E-state index contributed by atoms with van der Waals surface area (Å²) < 4.78 is 19.9. The van der Waals surface area contributed by atoms with Crippen LogP contribution in [0.25, 0.3) is 0 Å². The smallest absolute Gasteiger partial charge is 0.344 e. The highest BCUT2D eigenvalue weighted by molar-refractivity contribution is 14.1. The van der Waals surface area contributed by atoms with Gasteiger partial charge in [0.25, 0.3) is 0 Å². The predicted molar refractivity (Wildman–Crippen MR) is 94.0 cm³/mol. The summed E-state index contributed by atoms with van der Waals surface area (Å²) in [5.74, 6) is -3.78. The molecule has 0 aromatic heterocycles. The van der Waals surface area contributed by atoms with Gasteiger partial charge in [0.2, 0.25) is 0 Å². The molecule has 3 rings (SSSR count). The van der Waals surface area contributed by atoms with E-state index in [1.807, 2.05) is 29.5 Å². The largest absolute Gasteiger partial charge is 0.469 e. The van der Waals surface area contributed by atoms with E-state index < -0.39 is 57.9 Å². The Kier molecular flexibility index (Phi) is 5.19. The van der Waals surface area contributed by atoms with Crippen molar-refractivity contribution in [2.45, 2.75) is 42.3 Å². The van der Waals surface area contributed by atoms with Gasteiger partial charge < -0.3 is 18.9 Å². The molecule has 0 aromatic carbocycles. The number of halogens is 1. The van der Waals surface area contributed by atoms with Crippen molar-refractivity contribution >= 4 is 46.5 Å². The second kappa shape index (κ2) is 6.97. The minimum Gasteiger partial charge on any atom is -0.469 e. The van der Waals surface area contributed by atoms with Crippen LogP contribution in [0, 0.1) is 23.7 Å². The minimum absolute atomic E-state index is 0.144. The lowest BCUT2D eigenvalue weighted by Gasteiger charge is -2.29. The summed E-state index contributed by atoms with van der Waals surface area (Å²) in [6.07, 6.45) is -0.118. The van der Waals surface area contributed by atoms with Gasteiger partial charge in [-0.05, 0) is 19.8 Å². The highest BCUT2D eigenvalue weighted by atomic mass is 127. The van der Waals surface area contributed by atoms with Crippen LogP contribution in [0.2, 0.25) is 0 Å². The fourth-order valence-corrected chi connectivity index (χ4v) is 4.37. The van der Waals surface area contributed by atoms with Crippen molar-refractivity contribution in [3.05, 3.63) is 0 Å². The van der Waals surface area contributed by atoms with Crippen molar-refractivity contribution in [1.82, 2.24) is 0 Å². The molecule has 8 nitrogen and oxygen atoms in total. The Morgan fingerprint density at radius 1 is 1.31 bits per heavy atom. The first-order chi connectivity index (χ1) is 12.2. The molecule has 2 bridgehead atoms. The first kappa shape index (κ1) is 19.4. The molecule has 0 radical (unpaired) electrons. The topological polar surface area (TPSA) is 105 Å². The van der Waals surface area contributed by atoms with Crippen molar-refractivity contribution in [1.29, 1.82) is 0 Å². The molecule has 2 aliphatic carbocycles. The number of hydrogen-bond acceptors (Lipinski definition) is 8. The second-order valence-electron chi connectivity index (χ2n) is 7.12. The average molecular weight is 480 g/mol. The van der Waals surface area contributed by atoms with E-state index in [9.17, 15) is 19.2 Å². The van der Waals surface area contributed by atoms with Crippen LogP contribution in [0.5, 0.6) is 0 Å². The Hall–Kier alpha value is -1.39. The predicted octanol–water partition coefficient (Wildman–Crippen LogP) is 1.03. The van der Waals surface area contributed by atoms with Crippen LogP contribution in [0.3, 0.4) is 0 Å². The lowest BCUT2D eigenvalue weighted by Crippen LogP contribution is -2.44. The normalized spacial score (nSPS) is 36.2. The highest BCUT2D eigenvalue weighted by Crippen LogP contribution is 2.58. The number of rotatable bonds is 6. The zero-order valence-electron chi connectivity index (χ0n) is 14.7. The summed E-state index contributed by atoms with van der Waals surface area (Å²) in [5.41, 5.74) is 0. The van der Waals surface area contributed by atoms with E-state index in [-0.39, 0.29) is 11.8 Å². The molecule has 3 aliphatic rings. The van der Waals surface area contributed by atoms with Crippen LogP contribution in [0.15, 0.2) is 0 Å². The molecule has 0 N–H and O–H groups in total. The Morgan fingerprint density at radius 2 is 2.00 bits per heavy atom. The molecule has 144 valence electrons. The van der Waals surface area contributed by atoms with E-state index in [1.54, 1.807) is 6.92 Å². The molecule has 2 saturated carbocycles. The van der Waals surface area contributed by atoms with Crippen LogP contribution >= 0.6 is 22.6 Å². The van der Waals surface area contributed by atoms with Crippen molar-refractivity contribution in [3.63, 3.8) is 0 Å². The Morgan fingerprint density at radius 3 is 2.62 bits per heavy atom. The molecule has 9 heteroatoms. The maximum atomic E-state index is 12.1. The fourth-order valence-electron chi connectivity index (χ4n) is 4.21. The lowest BCUT2D eigenvalue weighted by molar-refractivity contribution is -0.172. The van der Waals surface area contributed by atoms with Crippen LogP contribution < -0.4 is 0 Å². The van der Waals surface area contributed by atoms with Crippen LogP contribution in [-0.4, -0.2) is 53.2 Å². The van der Waals surface area contributed by atoms with Gasteiger partial charge in [-0.1, -0.05) is 29.5 Å². The van der Waals surface area contributed by atoms with Gasteiger partial charge >= 0.3 is 23.9 Å². The summed E-state index contributed by atoms with van der Waals surface area (Å²) >= 11 is 1.97. The number of alkyl halides is 1. The number of ether oxygens (including phenoxy) is 4. The molecule has 7 atom stereocenters. The molecule has 1 aliphatic heterocycles. The molecular weight excluding hydrogens is 459 g/mol. The zero-order valence-corrected chi connectivity index (χ0v) is 16.9. The standard InChI is InChI=1S/C17H21IO8/c1-4-17(2,18)16(22)24-6-9(19)25-12-7-5-8-11(10(7)14(20)23-3)15(21)26-13(8)12/h7-8,10-13H,4-6H2,1-3H3. The van der Waals surface area contributed by atoms with Crippen molar-refractivity contribution in [2.75, 3.05) is 13.7 Å². The van der Waals surface area contributed by atoms with E-state index >= 15 is 0 Å². The first-order valence-electron chi connectivity index (χ1n) is 8.55. The number of carbonyl (C=O) groups is 4. The minimum atomic E-state index is -0.720. The lowest BCUT2D eigenvalue weighted by atomic mass is 9.78. The van der Waals surface area contributed by atoms with Crippen molar-refractivity contribution in [2.24, 2.45) is 23.7 Å². The number of esters is 4. The summed E-state index contributed by atoms with van der Waals surface area (Å²) in [6, 6.07) is 0. The number of fused-ring (bicyclic) bond motifs is 1. The number of methoxy groups -OCH3 is 1. The molecule has 0 aromatic rings. The molecule has 1 heterocycles. The van der Waals surface area contributed by atoms with Crippen LogP contribution in [0.1, 0.15) is 26.7 Å². The SMILES string of the molecule is CCC(C)(I)C(=O)OCC(=O)OC1C2CC3C1OC(=O)C3C2C(=O)OC. The third-order valence-corrected chi connectivity index (χ3v) is 6.90. The van der Waals surface area contributed by atoms with Crippen LogP contribution in [0.4, 0.5) is 0 Å². The Balaban J connectivity index is 1.63.